The van der Waals surface area contributed by atoms with Crippen LogP contribution < -0.4 is 16.0 Å². The van der Waals surface area contributed by atoms with Crippen LogP contribution in [0.3, 0.4) is 0 Å². The third-order valence-electron chi connectivity index (χ3n) is 5.40. The molecule has 0 bridgehead atoms. The molecule has 1 aliphatic heterocycles. The van der Waals surface area contributed by atoms with Crippen LogP contribution in [-0.4, -0.2) is 31.4 Å². The minimum Gasteiger partial charge on any atom is -0.352 e. The number of carbonyl (C=O) groups excluding carboxylic acids is 2. The van der Waals surface area contributed by atoms with Crippen LogP contribution in [0.2, 0.25) is 5.02 Å². The largest absolute Gasteiger partial charge is 0.352 e. The van der Waals surface area contributed by atoms with Crippen LogP contribution in [0.25, 0.3) is 0 Å². The van der Waals surface area contributed by atoms with E-state index in [1.54, 1.807) is 18.2 Å². The van der Waals surface area contributed by atoms with Crippen LogP contribution in [0.1, 0.15) is 49.4 Å². The zero-order chi connectivity index (χ0) is 18.5. The fourth-order valence-corrected chi connectivity index (χ4v) is 3.66. The number of carbonyl (C=O) groups is 2. The SMILES string of the molecule is CC(CC(=O)Nc1ccc(Cl)cc1C(=O)NCC1CC1)C1CCCNC1. The molecule has 0 radical (unpaired) electrons. The van der Waals surface area contributed by atoms with Crippen LogP contribution >= 0.6 is 11.6 Å². The first-order valence-corrected chi connectivity index (χ1v) is 9.99. The lowest BCUT2D eigenvalue weighted by Crippen LogP contribution is -2.34. The Morgan fingerprint density at radius 1 is 1.31 bits per heavy atom. The van der Waals surface area contributed by atoms with E-state index in [1.165, 1.54) is 19.3 Å². The fraction of sp³-hybridized carbons (Fsp3) is 0.600. The third kappa shape index (κ3) is 5.45. The molecule has 2 aliphatic rings. The number of halogens is 1. The summed E-state index contributed by atoms with van der Waals surface area (Å²) in [5.74, 6) is 1.20. The first-order chi connectivity index (χ1) is 12.5. The van der Waals surface area contributed by atoms with Crippen LogP contribution in [-0.2, 0) is 4.79 Å². The molecule has 5 nitrogen and oxygen atoms in total. The van der Waals surface area contributed by atoms with Crippen LogP contribution in [0.5, 0.6) is 0 Å². The van der Waals surface area contributed by atoms with Crippen molar-refractivity contribution in [2.45, 2.75) is 39.0 Å². The second-order valence-corrected chi connectivity index (χ2v) is 8.12. The molecular weight excluding hydrogens is 350 g/mol. The Bertz CT molecular complexity index is 654. The number of nitrogens with one attached hydrogen (secondary N) is 3. The summed E-state index contributed by atoms with van der Waals surface area (Å²) >= 11 is 6.06. The fourth-order valence-electron chi connectivity index (χ4n) is 3.49. The van der Waals surface area contributed by atoms with Gasteiger partial charge in [-0.2, -0.15) is 0 Å². The highest BCUT2D eigenvalue weighted by molar-refractivity contribution is 6.31. The van der Waals surface area contributed by atoms with Gasteiger partial charge in [0, 0.05) is 18.0 Å². The molecule has 1 saturated heterocycles. The van der Waals surface area contributed by atoms with Gasteiger partial charge in [-0.3, -0.25) is 9.59 Å². The Balaban J connectivity index is 1.60. The third-order valence-corrected chi connectivity index (χ3v) is 5.63. The molecule has 2 fully saturated rings. The number of piperidine rings is 1. The maximum Gasteiger partial charge on any atom is 0.253 e. The van der Waals surface area contributed by atoms with Crippen LogP contribution in [0.15, 0.2) is 18.2 Å². The molecule has 0 aromatic heterocycles. The lowest BCUT2D eigenvalue weighted by Gasteiger charge is -2.28. The smallest absolute Gasteiger partial charge is 0.253 e. The highest BCUT2D eigenvalue weighted by atomic mass is 35.5. The number of rotatable bonds is 7. The molecule has 2 amide bonds. The standard InChI is InChI=1S/C20H28ClN3O2/c1-13(15-3-2-8-22-12-15)9-19(25)24-18-7-6-16(21)10-17(18)20(26)23-11-14-4-5-14/h6-7,10,13-15,22H,2-5,8-9,11-12H2,1H3,(H,23,26)(H,24,25). The van der Waals surface area contributed by atoms with Gasteiger partial charge in [0.15, 0.2) is 0 Å². The van der Waals surface area contributed by atoms with E-state index < -0.39 is 0 Å². The average Bonchev–Trinajstić information content (AvgIpc) is 3.46. The minimum atomic E-state index is -0.181. The molecule has 1 aromatic carbocycles. The Hall–Kier alpha value is -1.59. The van der Waals surface area contributed by atoms with Crippen LogP contribution in [0, 0.1) is 17.8 Å². The van der Waals surface area contributed by atoms with Gasteiger partial charge in [-0.05, 0) is 74.7 Å². The number of anilines is 1. The van der Waals surface area contributed by atoms with E-state index in [0.717, 1.165) is 19.5 Å². The normalized spacial score (nSPS) is 21.1. The molecule has 1 saturated carbocycles. The van der Waals surface area contributed by atoms with E-state index in [9.17, 15) is 9.59 Å². The molecular formula is C20H28ClN3O2. The van der Waals surface area contributed by atoms with Crippen molar-refractivity contribution >= 4 is 29.1 Å². The molecule has 1 heterocycles. The summed E-state index contributed by atoms with van der Waals surface area (Å²) in [6.45, 7) is 4.86. The molecule has 142 valence electrons. The van der Waals surface area contributed by atoms with E-state index >= 15 is 0 Å². The Labute approximate surface area is 160 Å². The second-order valence-electron chi connectivity index (χ2n) is 7.68. The predicted molar refractivity (Wildman–Crippen MR) is 105 cm³/mol. The molecule has 6 heteroatoms. The van der Waals surface area contributed by atoms with Crippen molar-refractivity contribution in [2.75, 3.05) is 25.0 Å². The first-order valence-electron chi connectivity index (χ1n) is 9.61. The van der Waals surface area contributed by atoms with Gasteiger partial charge in [0.1, 0.15) is 0 Å². The summed E-state index contributed by atoms with van der Waals surface area (Å²) in [6.07, 6.45) is 5.13. The van der Waals surface area contributed by atoms with Gasteiger partial charge >= 0.3 is 0 Å². The summed E-state index contributed by atoms with van der Waals surface area (Å²) in [7, 11) is 0. The maximum absolute atomic E-state index is 12.5. The van der Waals surface area contributed by atoms with Crippen molar-refractivity contribution in [1.82, 2.24) is 10.6 Å². The molecule has 1 aromatic rings. The quantitative estimate of drug-likeness (QED) is 0.681. The van der Waals surface area contributed by atoms with Gasteiger partial charge in [-0.25, -0.2) is 0 Å². The zero-order valence-corrected chi connectivity index (χ0v) is 16.1. The monoisotopic (exact) mass is 377 g/mol. The number of benzene rings is 1. The van der Waals surface area contributed by atoms with E-state index in [4.69, 9.17) is 11.6 Å². The van der Waals surface area contributed by atoms with Crippen molar-refractivity contribution in [3.8, 4) is 0 Å². The van der Waals surface area contributed by atoms with Crippen molar-refractivity contribution < 1.29 is 9.59 Å². The molecule has 26 heavy (non-hydrogen) atoms. The minimum absolute atomic E-state index is 0.0540. The Kier molecular flexibility index (Phi) is 6.54. The molecule has 2 unspecified atom stereocenters. The zero-order valence-electron chi connectivity index (χ0n) is 15.3. The second kappa shape index (κ2) is 8.87. The number of hydrogen-bond donors (Lipinski definition) is 3. The van der Waals surface area contributed by atoms with Crippen molar-refractivity contribution in [1.29, 1.82) is 0 Å². The summed E-state index contributed by atoms with van der Waals surface area (Å²) in [4.78, 5) is 25.0. The van der Waals surface area contributed by atoms with Gasteiger partial charge in [0.05, 0.1) is 11.3 Å². The van der Waals surface area contributed by atoms with E-state index in [-0.39, 0.29) is 11.8 Å². The molecule has 3 N–H and O–H groups in total. The van der Waals surface area contributed by atoms with Gasteiger partial charge in [-0.15, -0.1) is 0 Å². The van der Waals surface area contributed by atoms with Gasteiger partial charge in [0.25, 0.3) is 5.91 Å². The Morgan fingerprint density at radius 2 is 2.12 bits per heavy atom. The van der Waals surface area contributed by atoms with E-state index in [2.05, 4.69) is 22.9 Å². The van der Waals surface area contributed by atoms with Crippen molar-refractivity contribution in [3.05, 3.63) is 28.8 Å². The highest BCUT2D eigenvalue weighted by Crippen LogP contribution is 2.28. The summed E-state index contributed by atoms with van der Waals surface area (Å²) < 4.78 is 0. The molecule has 0 spiro atoms. The molecule has 3 rings (SSSR count). The number of amides is 2. The topological polar surface area (TPSA) is 70.2 Å². The highest BCUT2D eigenvalue weighted by Gasteiger charge is 2.24. The summed E-state index contributed by atoms with van der Waals surface area (Å²) in [5, 5.41) is 9.74. The number of hydrogen-bond acceptors (Lipinski definition) is 3. The molecule has 2 atom stereocenters. The Morgan fingerprint density at radius 3 is 2.81 bits per heavy atom. The summed E-state index contributed by atoms with van der Waals surface area (Å²) in [5.41, 5.74) is 0.958. The van der Waals surface area contributed by atoms with Crippen molar-refractivity contribution in [2.24, 2.45) is 17.8 Å². The first kappa shape index (κ1) is 19.2. The van der Waals surface area contributed by atoms with Gasteiger partial charge in [0.2, 0.25) is 5.91 Å². The van der Waals surface area contributed by atoms with Crippen molar-refractivity contribution in [3.63, 3.8) is 0 Å². The van der Waals surface area contributed by atoms with Crippen LogP contribution in [0.4, 0.5) is 5.69 Å². The maximum atomic E-state index is 12.5. The van der Waals surface area contributed by atoms with Gasteiger partial charge < -0.3 is 16.0 Å². The summed E-state index contributed by atoms with van der Waals surface area (Å²) in [6, 6.07) is 5.02. The lowest BCUT2D eigenvalue weighted by molar-refractivity contribution is -0.117. The van der Waals surface area contributed by atoms with E-state index in [0.29, 0.717) is 47.0 Å². The average molecular weight is 378 g/mol. The predicted octanol–water partition coefficient (Wildman–Crippen LogP) is 3.44. The lowest BCUT2D eigenvalue weighted by atomic mass is 9.85. The van der Waals surface area contributed by atoms with Gasteiger partial charge in [-0.1, -0.05) is 18.5 Å². The molecule has 1 aliphatic carbocycles. The van der Waals surface area contributed by atoms with E-state index in [1.807, 2.05) is 0 Å².